The summed E-state index contributed by atoms with van der Waals surface area (Å²) < 4.78 is 25.4. The first-order valence-electron chi connectivity index (χ1n) is 13.5. The van der Waals surface area contributed by atoms with Gasteiger partial charge in [0, 0.05) is 24.0 Å². The Kier molecular flexibility index (Phi) is 11.8. The maximum atomic E-state index is 14.0. The second-order valence-corrected chi connectivity index (χ2v) is 10.4. The largest absolute Gasteiger partial charge is 0.466 e. The molecule has 1 heterocycles. The van der Waals surface area contributed by atoms with Gasteiger partial charge in [0.1, 0.15) is 5.82 Å². The molecule has 3 rings (SSSR count). The van der Waals surface area contributed by atoms with Crippen LogP contribution in [0.3, 0.4) is 0 Å². The van der Waals surface area contributed by atoms with E-state index in [1.54, 1.807) is 19.9 Å². The maximum absolute atomic E-state index is 14.0. The van der Waals surface area contributed by atoms with Crippen LogP contribution >= 0.6 is 11.6 Å². The highest BCUT2D eigenvalue weighted by atomic mass is 35.5. The van der Waals surface area contributed by atoms with E-state index in [-0.39, 0.29) is 37.0 Å². The molecule has 0 aromatic heterocycles. The van der Waals surface area contributed by atoms with Gasteiger partial charge in [0.05, 0.1) is 25.4 Å². The average molecular weight is 534 g/mol. The van der Waals surface area contributed by atoms with Crippen LogP contribution in [0, 0.1) is 12.7 Å². The Balaban J connectivity index is 1.59. The number of hydrogen-bond donors (Lipinski definition) is 1. The number of likely N-dealkylation sites (tertiary alicyclic amines) is 1. The highest BCUT2D eigenvalue weighted by Crippen LogP contribution is 2.30. The molecule has 1 N–H and O–H groups in total. The molecule has 0 amide bonds. The normalized spacial score (nSPS) is 17.6. The van der Waals surface area contributed by atoms with Crippen LogP contribution in [0.15, 0.2) is 36.4 Å². The number of benzene rings is 2. The Morgan fingerprint density at radius 1 is 1.24 bits per heavy atom. The summed E-state index contributed by atoms with van der Waals surface area (Å²) >= 11 is 6.26. The van der Waals surface area contributed by atoms with Crippen LogP contribution in [0.25, 0.3) is 0 Å². The Morgan fingerprint density at radius 2 is 2.05 bits per heavy atom. The highest BCUT2D eigenvalue weighted by Gasteiger charge is 2.27. The Bertz CT molecular complexity index is 1020. The van der Waals surface area contributed by atoms with Crippen molar-refractivity contribution in [2.75, 3.05) is 26.3 Å². The molecule has 2 aromatic carbocycles. The number of ether oxygens (including phenoxy) is 2. The van der Waals surface area contributed by atoms with Gasteiger partial charge in [-0.25, -0.2) is 4.39 Å². The second-order valence-electron chi connectivity index (χ2n) is 9.99. The van der Waals surface area contributed by atoms with E-state index in [1.165, 1.54) is 0 Å². The molecule has 1 unspecified atom stereocenters. The molecule has 204 valence electrons. The zero-order chi connectivity index (χ0) is 26.8. The number of halogens is 2. The van der Waals surface area contributed by atoms with Crippen molar-refractivity contribution in [2.45, 2.75) is 84.0 Å². The standard InChI is InChI=1S/C30H41ClFNO4/c1-4-7-29(27-13-12-24(31)18-23(27)11-14-30(35)36-5-2)37-20-26(34)19-33-15-6-8-25(33)16-22-10-9-21(3)28(32)17-22/h9-10,12-13,17-18,25-26,29,34H,4-8,11,14-16,19-20H2,1-3H3/t25?,26-,29-/m1/s1. The molecule has 1 saturated heterocycles. The molecule has 1 aliphatic heterocycles. The Morgan fingerprint density at radius 3 is 2.78 bits per heavy atom. The summed E-state index contributed by atoms with van der Waals surface area (Å²) in [7, 11) is 0. The zero-order valence-electron chi connectivity index (χ0n) is 22.3. The van der Waals surface area contributed by atoms with Crippen LogP contribution in [0.1, 0.15) is 74.3 Å². The van der Waals surface area contributed by atoms with Crippen LogP contribution in [-0.4, -0.2) is 54.4 Å². The quantitative estimate of drug-likeness (QED) is 0.293. The average Bonchev–Trinajstić information content (AvgIpc) is 3.29. The minimum absolute atomic E-state index is 0.165. The van der Waals surface area contributed by atoms with Crippen LogP contribution < -0.4 is 0 Å². The molecule has 7 heteroatoms. The fourth-order valence-electron chi connectivity index (χ4n) is 5.12. The number of rotatable bonds is 14. The Hall–Kier alpha value is -1.99. The summed E-state index contributed by atoms with van der Waals surface area (Å²) in [6, 6.07) is 11.4. The highest BCUT2D eigenvalue weighted by molar-refractivity contribution is 6.30. The third-order valence-corrected chi connectivity index (χ3v) is 7.28. The van der Waals surface area contributed by atoms with Crippen molar-refractivity contribution in [1.82, 2.24) is 4.90 Å². The first kappa shape index (κ1) is 29.6. The van der Waals surface area contributed by atoms with Gasteiger partial charge in [0.2, 0.25) is 0 Å². The van der Waals surface area contributed by atoms with Gasteiger partial charge >= 0.3 is 5.97 Å². The van der Waals surface area contributed by atoms with E-state index in [2.05, 4.69) is 11.8 Å². The number of aryl methyl sites for hydroxylation is 2. The fraction of sp³-hybridized carbons (Fsp3) is 0.567. The van der Waals surface area contributed by atoms with Crippen molar-refractivity contribution in [2.24, 2.45) is 0 Å². The molecular weight excluding hydrogens is 493 g/mol. The molecule has 0 radical (unpaired) electrons. The molecule has 0 spiro atoms. The maximum Gasteiger partial charge on any atom is 0.306 e. The number of β-amino-alcohol motifs (C(OH)–C–C–N with tert-alkyl or cyclic N) is 1. The molecule has 5 nitrogen and oxygen atoms in total. The van der Waals surface area contributed by atoms with Gasteiger partial charge in [-0.05, 0) is 92.9 Å². The second kappa shape index (κ2) is 14.8. The summed E-state index contributed by atoms with van der Waals surface area (Å²) in [6.07, 6.45) is 4.57. The van der Waals surface area contributed by atoms with E-state index in [0.29, 0.717) is 30.2 Å². The number of hydrogen-bond acceptors (Lipinski definition) is 5. The van der Waals surface area contributed by atoms with E-state index in [9.17, 15) is 14.3 Å². The van der Waals surface area contributed by atoms with Crippen molar-refractivity contribution in [3.8, 4) is 0 Å². The summed E-state index contributed by atoms with van der Waals surface area (Å²) in [5.41, 5.74) is 3.62. The van der Waals surface area contributed by atoms with Crippen molar-refractivity contribution in [3.05, 3.63) is 69.5 Å². The van der Waals surface area contributed by atoms with E-state index in [4.69, 9.17) is 21.1 Å². The van der Waals surface area contributed by atoms with Gasteiger partial charge < -0.3 is 14.6 Å². The molecule has 0 bridgehead atoms. The lowest BCUT2D eigenvalue weighted by Crippen LogP contribution is -2.39. The smallest absolute Gasteiger partial charge is 0.306 e. The SMILES string of the molecule is CCC[C@@H](OC[C@H](O)CN1CCCC1Cc1ccc(C)c(F)c1)c1ccc(Cl)cc1CCC(=O)OCC. The van der Waals surface area contributed by atoms with Crippen molar-refractivity contribution in [1.29, 1.82) is 0 Å². The molecule has 1 fully saturated rings. The number of carbonyl (C=O) groups is 1. The van der Waals surface area contributed by atoms with Gasteiger partial charge in [-0.15, -0.1) is 0 Å². The molecule has 2 aromatic rings. The predicted octanol–water partition coefficient (Wildman–Crippen LogP) is 6.21. The van der Waals surface area contributed by atoms with Gasteiger partial charge in [-0.1, -0.05) is 43.1 Å². The van der Waals surface area contributed by atoms with Crippen LogP contribution in [0.5, 0.6) is 0 Å². The minimum atomic E-state index is -0.634. The lowest BCUT2D eigenvalue weighted by Gasteiger charge is -2.28. The van der Waals surface area contributed by atoms with Crippen molar-refractivity contribution in [3.63, 3.8) is 0 Å². The van der Waals surface area contributed by atoms with Gasteiger partial charge in [0.15, 0.2) is 0 Å². The van der Waals surface area contributed by atoms with Crippen molar-refractivity contribution < 1.29 is 23.8 Å². The first-order chi connectivity index (χ1) is 17.8. The van der Waals surface area contributed by atoms with Crippen LogP contribution in [-0.2, 0) is 27.1 Å². The number of esters is 1. The van der Waals surface area contributed by atoms with E-state index in [1.807, 2.05) is 30.3 Å². The third kappa shape index (κ3) is 9.06. The van der Waals surface area contributed by atoms with E-state index < -0.39 is 6.10 Å². The van der Waals surface area contributed by atoms with Gasteiger partial charge in [-0.3, -0.25) is 9.69 Å². The monoisotopic (exact) mass is 533 g/mol. The summed E-state index contributed by atoms with van der Waals surface area (Å²) in [6.45, 7) is 7.69. The number of aliphatic hydroxyl groups is 1. The fourth-order valence-corrected chi connectivity index (χ4v) is 5.31. The topological polar surface area (TPSA) is 59.0 Å². The molecule has 0 aliphatic carbocycles. The zero-order valence-corrected chi connectivity index (χ0v) is 23.1. The Labute approximate surface area is 225 Å². The first-order valence-corrected chi connectivity index (χ1v) is 13.9. The van der Waals surface area contributed by atoms with Crippen molar-refractivity contribution >= 4 is 17.6 Å². The number of carbonyl (C=O) groups excluding carboxylic acids is 1. The lowest BCUT2D eigenvalue weighted by atomic mass is 9.96. The summed E-state index contributed by atoms with van der Waals surface area (Å²) in [5.74, 6) is -0.397. The van der Waals surface area contributed by atoms with E-state index in [0.717, 1.165) is 55.3 Å². The molecule has 1 aliphatic rings. The van der Waals surface area contributed by atoms with E-state index >= 15 is 0 Å². The van der Waals surface area contributed by atoms with Gasteiger partial charge in [0.25, 0.3) is 0 Å². The summed E-state index contributed by atoms with van der Waals surface area (Å²) in [4.78, 5) is 14.2. The molecule has 0 saturated carbocycles. The van der Waals surface area contributed by atoms with Crippen LogP contribution in [0.2, 0.25) is 5.02 Å². The third-order valence-electron chi connectivity index (χ3n) is 7.05. The predicted molar refractivity (Wildman–Crippen MR) is 145 cm³/mol. The number of nitrogens with zero attached hydrogens (tertiary/aromatic N) is 1. The molecule has 3 atom stereocenters. The van der Waals surface area contributed by atoms with Gasteiger partial charge in [-0.2, -0.15) is 0 Å². The summed E-state index contributed by atoms with van der Waals surface area (Å²) in [5, 5.41) is 11.5. The number of aliphatic hydroxyl groups excluding tert-OH is 1. The lowest BCUT2D eigenvalue weighted by molar-refractivity contribution is -0.143. The molecular formula is C30H41ClFNO4. The minimum Gasteiger partial charge on any atom is -0.466 e. The molecule has 37 heavy (non-hydrogen) atoms. The van der Waals surface area contributed by atoms with Crippen LogP contribution in [0.4, 0.5) is 4.39 Å².